The summed E-state index contributed by atoms with van der Waals surface area (Å²) in [6.07, 6.45) is 9.31. The molecule has 0 heterocycles. The molecule has 0 spiro atoms. The molecular formula is C25H41F3O3. The topological polar surface area (TPSA) is 38.7 Å². The van der Waals surface area contributed by atoms with E-state index in [0.29, 0.717) is 0 Å². The first-order chi connectivity index (χ1) is 14.8. The van der Waals surface area contributed by atoms with Gasteiger partial charge in [0.25, 0.3) is 5.97 Å². The summed E-state index contributed by atoms with van der Waals surface area (Å²) in [6.45, 7) is 2.21. The molecule has 1 aromatic carbocycles. The number of hydrogen-bond donors (Lipinski definition) is 1. The Balaban J connectivity index is 2.33. The number of benzene rings is 1. The van der Waals surface area contributed by atoms with Gasteiger partial charge < -0.3 is 14.6 Å². The Bertz CT molecular complexity index is 568. The van der Waals surface area contributed by atoms with Crippen molar-refractivity contribution in [3.63, 3.8) is 0 Å². The van der Waals surface area contributed by atoms with Gasteiger partial charge in [0.1, 0.15) is 0 Å². The van der Waals surface area contributed by atoms with Crippen molar-refractivity contribution in [1.29, 1.82) is 0 Å². The lowest BCUT2D eigenvalue weighted by molar-refractivity contribution is -0.369. The van der Waals surface area contributed by atoms with Crippen LogP contribution >= 0.6 is 0 Å². The highest BCUT2D eigenvalue weighted by Gasteiger charge is 2.36. The minimum atomic E-state index is -4.28. The average Bonchev–Trinajstić information content (AvgIpc) is 2.76. The van der Waals surface area contributed by atoms with Crippen LogP contribution in [-0.2, 0) is 22.1 Å². The van der Waals surface area contributed by atoms with Crippen molar-refractivity contribution in [2.75, 3.05) is 14.2 Å². The fourth-order valence-corrected chi connectivity index (χ4v) is 4.03. The lowest BCUT2D eigenvalue weighted by Gasteiger charge is -2.33. The first kappa shape index (κ1) is 27.9. The fourth-order valence-electron chi connectivity index (χ4n) is 4.03. The normalized spacial score (nSPS) is 13.5. The Hall–Kier alpha value is -1.11. The smallest absolute Gasteiger partial charge is 0.343 e. The molecule has 0 radical (unpaired) electrons. The van der Waals surface area contributed by atoms with Crippen molar-refractivity contribution in [2.24, 2.45) is 5.92 Å². The van der Waals surface area contributed by atoms with Gasteiger partial charge in [0.15, 0.2) is 0 Å². The van der Waals surface area contributed by atoms with Crippen molar-refractivity contribution < 1.29 is 27.8 Å². The van der Waals surface area contributed by atoms with Gasteiger partial charge in [-0.2, -0.15) is 13.2 Å². The Morgan fingerprint density at radius 2 is 1.26 bits per heavy atom. The Morgan fingerprint density at radius 3 is 1.74 bits per heavy atom. The van der Waals surface area contributed by atoms with Crippen molar-refractivity contribution in [3.05, 3.63) is 35.4 Å². The molecule has 0 aliphatic heterocycles. The maximum absolute atomic E-state index is 12.6. The number of rotatable bonds is 17. The van der Waals surface area contributed by atoms with E-state index in [1.807, 2.05) is 0 Å². The van der Waals surface area contributed by atoms with Crippen LogP contribution in [0.1, 0.15) is 95.1 Å². The highest BCUT2D eigenvalue weighted by Crippen LogP contribution is 2.31. The van der Waals surface area contributed by atoms with E-state index in [-0.39, 0.29) is 5.92 Å². The van der Waals surface area contributed by atoms with E-state index in [4.69, 9.17) is 9.47 Å². The second kappa shape index (κ2) is 14.9. The Kier molecular flexibility index (Phi) is 13.4. The van der Waals surface area contributed by atoms with E-state index < -0.39 is 17.7 Å². The van der Waals surface area contributed by atoms with Crippen molar-refractivity contribution in [3.8, 4) is 0 Å². The SMILES string of the molecule is CCCCCCCCC(CCCCCCc1ccc(C(F)(F)F)cc1)C(O)(OC)OC. The van der Waals surface area contributed by atoms with Gasteiger partial charge in [-0.15, -0.1) is 0 Å². The van der Waals surface area contributed by atoms with Gasteiger partial charge in [-0.1, -0.05) is 76.8 Å². The summed E-state index contributed by atoms with van der Waals surface area (Å²) in [4.78, 5) is 0. The van der Waals surface area contributed by atoms with Crippen LogP contribution in [0.4, 0.5) is 13.2 Å². The highest BCUT2D eigenvalue weighted by atomic mass is 19.4. The van der Waals surface area contributed by atoms with E-state index in [0.717, 1.165) is 75.5 Å². The summed E-state index contributed by atoms with van der Waals surface area (Å²) in [6, 6.07) is 5.43. The lowest BCUT2D eigenvalue weighted by atomic mass is 9.91. The second-order valence-corrected chi connectivity index (χ2v) is 8.44. The van der Waals surface area contributed by atoms with E-state index in [9.17, 15) is 18.3 Å². The van der Waals surface area contributed by atoms with E-state index in [2.05, 4.69) is 6.92 Å². The van der Waals surface area contributed by atoms with Gasteiger partial charge in [-0.3, -0.25) is 0 Å². The number of methoxy groups -OCH3 is 2. The van der Waals surface area contributed by atoms with E-state index in [1.54, 1.807) is 12.1 Å². The molecule has 1 unspecified atom stereocenters. The largest absolute Gasteiger partial charge is 0.416 e. The summed E-state index contributed by atoms with van der Waals surface area (Å²) in [5.74, 6) is -1.60. The number of halogens is 3. The standard InChI is InChI=1S/C25H41F3O3/c1-4-5-6-7-8-12-15-23(25(29,30-2)31-3)16-13-10-9-11-14-21-17-19-22(20-18-21)24(26,27)28/h17-20,23,29H,4-16H2,1-3H3. The van der Waals surface area contributed by atoms with Crippen LogP contribution in [0.3, 0.4) is 0 Å². The maximum Gasteiger partial charge on any atom is 0.416 e. The van der Waals surface area contributed by atoms with Crippen LogP contribution in [0.2, 0.25) is 0 Å². The van der Waals surface area contributed by atoms with Gasteiger partial charge in [0, 0.05) is 20.1 Å². The number of alkyl halides is 3. The van der Waals surface area contributed by atoms with Crippen LogP contribution in [-0.4, -0.2) is 25.3 Å². The fraction of sp³-hybridized carbons (Fsp3) is 0.760. The molecule has 1 aromatic rings. The van der Waals surface area contributed by atoms with Gasteiger partial charge in [-0.05, 0) is 43.4 Å². The molecule has 1 atom stereocenters. The quantitative estimate of drug-likeness (QED) is 0.199. The molecule has 0 aromatic heterocycles. The van der Waals surface area contributed by atoms with Gasteiger partial charge in [-0.25, -0.2) is 0 Å². The molecular weight excluding hydrogens is 405 g/mol. The lowest BCUT2D eigenvalue weighted by Crippen LogP contribution is -2.42. The maximum atomic E-state index is 12.6. The van der Waals surface area contributed by atoms with Gasteiger partial charge >= 0.3 is 6.18 Å². The second-order valence-electron chi connectivity index (χ2n) is 8.44. The summed E-state index contributed by atoms with van der Waals surface area (Å²) >= 11 is 0. The molecule has 0 fully saturated rings. The van der Waals surface area contributed by atoms with Crippen LogP contribution in [0, 0.1) is 5.92 Å². The molecule has 0 amide bonds. The molecule has 3 nitrogen and oxygen atoms in total. The molecule has 0 saturated heterocycles. The summed E-state index contributed by atoms with van der Waals surface area (Å²) in [5.41, 5.74) is 0.332. The van der Waals surface area contributed by atoms with Crippen LogP contribution < -0.4 is 0 Å². The minimum Gasteiger partial charge on any atom is -0.343 e. The third-order valence-electron chi connectivity index (χ3n) is 6.06. The predicted octanol–water partition coefficient (Wildman–Crippen LogP) is 7.50. The first-order valence-electron chi connectivity index (χ1n) is 11.8. The van der Waals surface area contributed by atoms with E-state index in [1.165, 1.54) is 39.9 Å². The molecule has 6 heteroatoms. The van der Waals surface area contributed by atoms with Gasteiger partial charge in [0.05, 0.1) is 5.56 Å². The first-order valence-corrected chi connectivity index (χ1v) is 11.8. The van der Waals surface area contributed by atoms with Crippen molar-refractivity contribution in [1.82, 2.24) is 0 Å². The molecule has 0 saturated carbocycles. The highest BCUT2D eigenvalue weighted by molar-refractivity contribution is 5.24. The molecule has 180 valence electrons. The molecule has 1 rings (SSSR count). The number of hydrogen-bond acceptors (Lipinski definition) is 3. The zero-order chi connectivity index (χ0) is 23.2. The summed E-state index contributed by atoms with van der Waals surface area (Å²) in [7, 11) is 2.95. The van der Waals surface area contributed by atoms with Crippen LogP contribution in [0.5, 0.6) is 0 Å². The predicted molar refractivity (Wildman–Crippen MR) is 119 cm³/mol. The third-order valence-corrected chi connectivity index (χ3v) is 6.06. The Morgan fingerprint density at radius 1 is 0.774 bits per heavy atom. The molecule has 0 aliphatic rings. The zero-order valence-corrected chi connectivity index (χ0v) is 19.5. The van der Waals surface area contributed by atoms with Gasteiger partial charge in [0.2, 0.25) is 0 Å². The van der Waals surface area contributed by atoms with Crippen molar-refractivity contribution >= 4 is 0 Å². The number of aryl methyl sites for hydroxylation is 1. The average molecular weight is 447 g/mol. The third kappa shape index (κ3) is 10.8. The molecule has 1 N–H and O–H groups in total. The summed E-state index contributed by atoms with van der Waals surface area (Å²) in [5, 5.41) is 10.6. The molecule has 31 heavy (non-hydrogen) atoms. The summed E-state index contributed by atoms with van der Waals surface area (Å²) < 4.78 is 48.4. The monoisotopic (exact) mass is 446 g/mol. The minimum absolute atomic E-state index is 0.0661. The number of ether oxygens (including phenoxy) is 2. The van der Waals surface area contributed by atoms with E-state index >= 15 is 0 Å². The van der Waals surface area contributed by atoms with Crippen LogP contribution in [0.15, 0.2) is 24.3 Å². The zero-order valence-electron chi connectivity index (χ0n) is 19.5. The van der Waals surface area contributed by atoms with Crippen LogP contribution in [0.25, 0.3) is 0 Å². The molecule has 0 bridgehead atoms. The van der Waals surface area contributed by atoms with Crippen molar-refractivity contribution in [2.45, 2.75) is 103 Å². The number of aliphatic hydroxyl groups is 1. The molecule has 0 aliphatic carbocycles. The number of unbranched alkanes of at least 4 members (excludes halogenated alkanes) is 8. The Labute approximate surface area is 186 Å².